The molecule has 0 aliphatic heterocycles. The van der Waals surface area contributed by atoms with Gasteiger partial charge in [-0.3, -0.25) is 4.79 Å². The van der Waals surface area contributed by atoms with Crippen LogP contribution in [-0.2, 0) is 10.1 Å². The van der Waals surface area contributed by atoms with Crippen LogP contribution in [0.4, 0.5) is 0 Å². The zero-order chi connectivity index (χ0) is 21.7. The minimum Gasteiger partial charge on any atom is -0.379 e. The molecule has 0 saturated carbocycles. The Morgan fingerprint density at radius 2 is 1.73 bits per heavy atom. The standard InChI is InChI=1S/C21H16Cl2N2O4S/c1-14-5-8-18(9-6-14)30(27,28)29-17-4-2-3-15(11-17)13-24-25-21(26)16-7-10-19(22)20(23)12-16/h2-13H,1H3,(H,25,26)/b24-13-. The molecule has 3 rings (SSSR count). The number of benzene rings is 3. The summed E-state index contributed by atoms with van der Waals surface area (Å²) in [5.74, 6) is -0.352. The zero-order valence-corrected chi connectivity index (χ0v) is 18.0. The highest BCUT2D eigenvalue weighted by Crippen LogP contribution is 2.22. The van der Waals surface area contributed by atoms with Crippen LogP contribution in [0.15, 0.2) is 76.7 Å². The molecule has 0 radical (unpaired) electrons. The second-order valence-electron chi connectivity index (χ2n) is 6.25. The van der Waals surface area contributed by atoms with E-state index in [9.17, 15) is 13.2 Å². The lowest BCUT2D eigenvalue weighted by Gasteiger charge is -2.08. The first-order chi connectivity index (χ1) is 14.2. The number of hydrogen-bond acceptors (Lipinski definition) is 5. The first-order valence-electron chi connectivity index (χ1n) is 8.64. The van der Waals surface area contributed by atoms with Gasteiger partial charge in [0.2, 0.25) is 0 Å². The monoisotopic (exact) mass is 462 g/mol. The number of halogens is 2. The Morgan fingerprint density at radius 1 is 1.00 bits per heavy atom. The van der Waals surface area contributed by atoms with Crippen LogP contribution in [0.25, 0.3) is 0 Å². The molecule has 0 spiro atoms. The first-order valence-corrected chi connectivity index (χ1v) is 10.8. The van der Waals surface area contributed by atoms with Gasteiger partial charge in [-0.05, 0) is 55.0 Å². The Kier molecular flexibility index (Phi) is 6.77. The molecule has 0 aromatic heterocycles. The quantitative estimate of drug-likeness (QED) is 0.322. The van der Waals surface area contributed by atoms with E-state index in [4.69, 9.17) is 27.4 Å². The molecule has 0 fully saturated rings. The lowest BCUT2D eigenvalue weighted by molar-refractivity contribution is 0.0955. The molecule has 6 nitrogen and oxygen atoms in total. The molecule has 0 unspecified atom stereocenters. The van der Waals surface area contributed by atoms with Gasteiger partial charge in [-0.2, -0.15) is 13.5 Å². The summed E-state index contributed by atoms with van der Waals surface area (Å²) in [7, 11) is -3.96. The van der Waals surface area contributed by atoms with Crippen molar-refractivity contribution in [3.05, 3.63) is 93.5 Å². The summed E-state index contributed by atoms with van der Waals surface area (Å²) in [5, 5.41) is 4.47. The van der Waals surface area contributed by atoms with Crippen LogP contribution in [0.5, 0.6) is 5.75 Å². The van der Waals surface area contributed by atoms with Crippen molar-refractivity contribution in [1.29, 1.82) is 0 Å². The number of hydrogen-bond donors (Lipinski definition) is 1. The third-order valence-corrected chi connectivity index (χ3v) is 5.94. The van der Waals surface area contributed by atoms with Crippen LogP contribution in [0.2, 0.25) is 10.0 Å². The average molecular weight is 463 g/mol. The Balaban J connectivity index is 1.68. The smallest absolute Gasteiger partial charge is 0.339 e. The van der Waals surface area contributed by atoms with E-state index in [0.717, 1.165) is 5.56 Å². The Hall–Kier alpha value is -2.87. The summed E-state index contributed by atoms with van der Waals surface area (Å²) in [6, 6.07) is 17.1. The minimum atomic E-state index is -3.96. The number of carbonyl (C=O) groups is 1. The summed E-state index contributed by atoms with van der Waals surface area (Å²) >= 11 is 11.7. The second-order valence-corrected chi connectivity index (χ2v) is 8.61. The fraction of sp³-hybridized carbons (Fsp3) is 0.0476. The highest BCUT2D eigenvalue weighted by molar-refractivity contribution is 7.87. The fourth-order valence-corrected chi connectivity index (χ4v) is 3.61. The summed E-state index contributed by atoms with van der Waals surface area (Å²) in [5.41, 5.74) is 4.13. The number of rotatable bonds is 6. The predicted molar refractivity (Wildman–Crippen MR) is 117 cm³/mol. The molecule has 9 heteroatoms. The highest BCUT2D eigenvalue weighted by Gasteiger charge is 2.16. The van der Waals surface area contributed by atoms with E-state index in [0.29, 0.717) is 16.1 Å². The van der Waals surface area contributed by atoms with Gasteiger partial charge in [0.15, 0.2) is 0 Å². The molecule has 154 valence electrons. The summed E-state index contributed by atoms with van der Waals surface area (Å²) in [6.45, 7) is 1.86. The Morgan fingerprint density at radius 3 is 2.43 bits per heavy atom. The summed E-state index contributed by atoms with van der Waals surface area (Å²) in [6.07, 6.45) is 1.36. The summed E-state index contributed by atoms with van der Waals surface area (Å²) < 4.78 is 30.0. The second kappa shape index (κ2) is 9.30. The number of amides is 1. The molecule has 0 aliphatic carbocycles. The SMILES string of the molecule is Cc1ccc(S(=O)(=O)Oc2cccc(/C=N\NC(=O)c3ccc(Cl)c(Cl)c3)c2)cc1. The molecule has 0 saturated heterocycles. The van der Waals surface area contributed by atoms with Crippen LogP contribution in [0.3, 0.4) is 0 Å². The number of carbonyl (C=O) groups excluding carboxylic acids is 1. The van der Waals surface area contributed by atoms with Gasteiger partial charge in [0, 0.05) is 5.56 Å². The van der Waals surface area contributed by atoms with Crippen molar-refractivity contribution >= 4 is 45.4 Å². The molecule has 3 aromatic rings. The van der Waals surface area contributed by atoms with Crippen molar-refractivity contribution in [3.8, 4) is 5.75 Å². The topological polar surface area (TPSA) is 84.8 Å². The van der Waals surface area contributed by atoms with Crippen molar-refractivity contribution in [2.24, 2.45) is 5.10 Å². The van der Waals surface area contributed by atoms with Crippen molar-refractivity contribution in [2.45, 2.75) is 11.8 Å². The normalized spacial score (nSPS) is 11.4. The lowest BCUT2D eigenvalue weighted by atomic mass is 10.2. The van der Waals surface area contributed by atoms with Gasteiger partial charge in [-0.15, -0.1) is 0 Å². The molecule has 0 heterocycles. The molecule has 1 N–H and O–H groups in total. The van der Waals surface area contributed by atoms with Crippen LogP contribution >= 0.6 is 23.2 Å². The molecule has 0 bridgehead atoms. The van der Waals surface area contributed by atoms with Gasteiger partial charge in [0.1, 0.15) is 10.6 Å². The van der Waals surface area contributed by atoms with Crippen LogP contribution in [0, 0.1) is 6.92 Å². The van der Waals surface area contributed by atoms with Gasteiger partial charge in [0.05, 0.1) is 16.3 Å². The first kappa shape index (κ1) is 21.8. The van der Waals surface area contributed by atoms with E-state index in [-0.39, 0.29) is 15.7 Å². The van der Waals surface area contributed by atoms with Crippen molar-refractivity contribution < 1.29 is 17.4 Å². The molecule has 0 aliphatic rings. The molecule has 3 aromatic carbocycles. The van der Waals surface area contributed by atoms with E-state index in [1.165, 1.54) is 48.7 Å². The van der Waals surface area contributed by atoms with E-state index in [2.05, 4.69) is 10.5 Å². The third-order valence-electron chi connectivity index (χ3n) is 3.94. The van der Waals surface area contributed by atoms with Crippen molar-refractivity contribution in [2.75, 3.05) is 0 Å². The minimum absolute atomic E-state index is 0.0565. The maximum Gasteiger partial charge on any atom is 0.339 e. The number of nitrogens with one attached hydrogen (secondary N) is 1. The zero-order valence-electron chi connectivity index (χ0n) is 15.7. The number of hydrazone groups is 1. The molecular weight excluding hydrogens is 447 g/mol. The number of nitrogens with zero attached hydrogens (tertiary/aromatic N) is 1. The van der Waals surface area contributed by atoms with E-state index in [1.54, 1.807) is 24.3 Å². The Labute approximate surface area is 184 Å². The van der Waals surface area contributed by atoms with Gasteiger partial charge in [0.25, 0.3) is 5.91 Å². The maximum atomic E-state index is 12.4. The fourth-order valence-electron chi connectivity index (χ4n) is 2.39. The van der Waals surface area contributed by atoms with Gasteiger partial charge < -0.3 is 4.18 Å². The molecular formula is C21H16Cl2N2O4S. The van der Waals surface area contributed by atoms with Crippen molar-refractivity contribution in [1.82, 2.24) is 5.43 Å². The molecule has 30 heavy (non-hydrogen) atoms. The van der Waals surface area contributed by atoms with Gasteiger partial charge >= 0.3 is 10.1 Å². The molecule has 1 amide bonds. The van der Waals surface area contributed by atoms with Crippen LogP contribution in [0.1, 0.15) is 21.5 Å². The van der Waals surface area contributed by atoms with E-state index >= 15 is 0 Å². The van der Waals surface area contributed by atoms with Crippen molar-refractivity contribution in [3.63, 3.8) is 0 Å². The van der Waals surface area contributed by atoms with E-state index in [1.807, 2.05) is 6.92 Å². The van der Waals surface area contributed by atoms with Crippen LogP contribution in [-0.4, -0.2) is 20.5 Å². The van der Waals surface area contributed by atoms with Gasteiger partial charge in [-0.1, -0.05) is 53.0 Å². The van der Waals surface area contributed by atoms with Crippen LogP contribution < -0.4 is 9.61 Å². The third kappa shape index (κ3) is 5.60. The molecule has 0 atom stereocenters. The number of aryl methyl sites for hydroxylation is 1. The van der Waals surface area contributed by atoms with E-state index < -0.39 is 16.0 Å². The Bertz CT molecular complexity index is 1210. The maximum absolute atomic E-state index is 12.4. The highest BCUT2D eigenvalue weighted by atomic mass is 35.5. The summed E-state index contributed by atoms with van der Waals surface area (Å²) in [4.78, 5) is 12.2. The average Bonchev–Trinajstić information content (AvgIpc) is 2.70. The predicted octanol–water partition coefficient (Wildman–Crippen LogP) is 4.83. The largest absolute Gasteiger partial charge is 0.379 e. The van der Waals surface area contributed by atoms with Gasteiger partial charge in [-0.25, -0.2) is 5.43 Å². The lowest BCUT2D eigenvalue weighted by Crippen LogP contribution is -2.17.